The van der Waals surface area contributed by atoms with Gasteiger partial charge in [-0.15, -0.1) is 0 Å². The highest BCUT2D eigenvalue weighted by Crippen LogP contribution is 2.34. The molecule has 5 nitrogen and oxygen atoms in total. The first-order valence-electron chi connectivity index (χ1n) is 8.34. The van der Waals surface area contributed by atoms with E-state index in [0.29, 0.717) is 17.3 Å². The zero-order valence-electron chi connectivity index (χ0n) is 14.8. The molecule has 2 heterocycles. The van der Waals surface area contributed by atoms with E-state index in [1.165, 1.54) is 6.26 Å². The quantitative estimate of drug-likeness (QED) is 0.500. The van der Waals surface area contributed by atoms with Crippen LogP contribution in [0.1, 0.15) is 5.89 Å². The summed E-state index contributed by atoms with van der Waals surface area (Å²) in [5, 5.41) is 0. The molecule has 0 aliphatic rings. The maximum absolute atomic E-state index is 11.7. The predicted octanol–water partition coefficient (Wildman–Crippen LogP) is 4.98. The Morgan fingerprint density at radius 2 is 1.48 bits per heavy atom. The fourth-order valence-corrected chi connectivity index (χ4v) is 3.54. The van der Waals surface area contributed by atoms with Gasteiger partial charge < -0.3 is 8.83 Å². The average Bonchev–Trinajstić information content (AvgIpc) is 3.31. The second-order valence-corrected chi connectivity index (χ2v) is 8.28. The van der Waals surface area contributed by atoms with E-state index in [2.05, 4.69) is 4.98 Å². The molecule has 0 spiro atoms. The highest BCUT2D eigenvalue weighted by Gasteiger charge is 2.16. The Labute approximate surface area is 157 Å². The standard InChI is InChI=1S/C21H17NO4S/c1-14-22-20(16-7-5-15(6-8-16)19-4-3-13-25-19)21(26-14)17-9-11-18(12-10-17)27(2,23)24/h3-13H,1-2H3. The lowest BCUT2D eigenvalue weighted by Crippen LogP contribution is -1.96. The van der Waals surface area contributed by atoms with Crippen molar-refractivity contribution in [1.82, 2.24) is 4.98 Å². The average molecular weight is 379 g/mol. The molecule has 2 aromatic heterocycles. The van der Waals surface area contributed by atoms with Gasteiger partial charge in [0.2, 0.25) is 0 Å². The second-order valence-electron chi connectivity index (χ2n) is 6.26. The molecule has 0 aliphatic heterocycles. The number of oxazole rings is 1. The largest absolute Gasteiger partial charge is 0.464 e. The number of benzene rings is 2. The van der Waals surface area contributed by atoms with Crippen LogP contribution in [0.15, 0.2) is 80.7 Å². The summed E-state index contributed by atoms with van der Waals surface area (Å²) in [6.07, 6.45) is 2.83. The first-order valence-corrected chi connectivity index (χ1v) is 10.2. The highest BCUT2D eigenvalue weighted by molar-refractivity contribution is 7.90. The molecule has 4 rings (SSSR count). The van der Waals surface area contributed by atoms with Crippen molar-refractivity contribution < 1.29 is 17.3 Å². The number of furan rings is 1. The van der Waals surface area contributed by atoms with E-state index in [1.54, 1.807) is 37.5 Å². The maximum Gasteiger partial charge on any atom is 0.192 e. The molecule has 0 radical (unpaired) electrons. The Hall–Kier alpha value is -3.12. The van der Waals surface area contributed by atoms with Crippen molar-refractivity contribution in [2.45, 2.75) is 11.8 Å². The number of hydrogen-bond acceptors (Lipinski definition) is 5. The molecule has 0 amide bonds. The van der Waals surface area contributed by atoms with Crippen molar-refractivity contribution in [3.8, 4) is 33.9 Å². The number of aryl methyl sites for hydroxylation is 1. The number of hydrogen-bond donors (Lipinski definition) is 0. The normalized spacial score (nSPS) is 11.6. The number of sulfone groups is 1. The van der Waals surface area contributed by atoms with Crippen molar-refractivity contribution in [3.05, 3.63) is 72.8 Å². The van der Waals surface area contributed by atoms with Crippen LogP contribution in [0.4, 0.5) is 0 Å². The van der Waals surface area contributed by atoms with Gasteiger partial charge in [-0.1, -0.05) is 24.3 Å². The topological polar surface area (TPSA) is 73.3 Å². The fourth-order valence-electron chi connectivity index (χ4n) is 2.91. The minimum atomic E-state index is -3.24. The molecule has 2 aromatic carbocycles. The van der Waals surface area contributed by atoms with Crippen molar-refractivity contribution in [3.63, 3.8) is 0 Å². The predicted molar refractivity (Wildman–Crippen MR) is 103 cm³/mol. The minimum Gasteiger partial charge on any atom is -0.464 e. The van der Waals surface area contributed by atoms with Crippen LogP contribution in [0.2, 0.25) is 0 Å². The van der Waals surface area contributed by atoms with E-state index in [-0.39, 0.29) is 4.90 Å². The van der Waals surface area contributed by atoms with Crippen LogP contribution in [-0.4, -0.2) is 19.7 Å². The molecule has 4 aromatic rings. The number of aromatic nitrogens is 1. The van der Waals surface area contributed by atoms with E-state index in [9.17, 15) is 8.42 Å². The summed E-state index contributed by atoms with van der Waals surface area (Å²) in [7, 11) is -3.24. The van der Waals surface area contributed by atoms with E-state index >= 15 is 0 Å². The van der Waals surface area contributed by atoms with Gasteiger partial charge in [0, 0.05) is 29.9 Å². The summed E-state index contributed by atoms with van der Waals surface area (Å²) < 4.78 is 34.5. The molecule has 0 saturated carbocycles. The van der Waals surface area contributed by atoms with Crippen molar-refractivity contribution in [1.29, 1.82) is 0 Å². The van der Waals surface area contributed by atoms with E-state index in [0.717, 1.165) is 22.5 Å². The van der Waals surface area contributed by atoms with Gasteiger partial charge in [-0.25, -0.2) is 13.4 Å². The van der Waals surface area contributed by atoms with Crippen LogP contribution < -0.4 is 0 Å². The third kappa shape index (κ3) is 3.44. The van der Waals surface area contributed by atoms with Gasteiger partial charge in [-0.05, 0) is 36.4 Å². The molecule has 0 unspecified atom stereocenters. The zero-order chi connectivity index (χ0) is 19.0. The van der Waals surface area contributed by atoms with Crippen LogP contribution in [-0.2, 0) is 9.84 Å². The SMILES string of the molecule is Cc1nc(-c2ccc(-c3ccco3)cc2)c(-c2ccc(S(C)(=O)=O)cc2)o1. The summed E-state index contributed by atoms with van der Waals surface area (Å²) in [4.78, 5) is 4.78. The van der Waals surface area contributed by atoms with Crippen LogP contribution in [0.3, 0.4) is 0 Å². The van der Waals surface area contributed by atoms with Gasteiger partial charge in [0.1, 0.15) is 11.5 Å². The summed E-state index contributed by atoms with van der Waals surface area (Å²) in [5.41, 5.74) is 3.37. The van der Waals surface area contributed by atoms with Gasteiger partial charge in [0.05, 0.1) is 11.2 Å². The van der Waals surface area contributed by atoms with Gasteiger partial charge >= 0.3 is 0 Å². The minimum absolute atomic E-state index is 0.270. The van der Waals surface area contributed by atoms with Crippen molar-refractivity contribution in [2.24, 2.45) is 0 Å². The summed E-state index contributed by atoms with van der Waals surface area (Å²) in [6, 6.07) is 18.2. The van der Waals surface area contributed by atoms with E-state index in [1.807, 2.05) is 36.4 Å². The Morgan fingerprint density at radius 1 is 0.852 bits per heavy atom. The lowest BCUT2D eigenvalue weighted by Gasteiger charge is -2.04. The highest BCUT2D eigenvalue weighted by atomic mass is 32.2. The van der Waals surface area contributed by atoms with Crippen LogP contribution in [0.5, 0.6) is 0 Å². The Morgan fingerprint density at radius 3 is 2.07 bits per heavy atom. The third-order valence-corrected chi connectivity index (χ3v) is 5.37. The molecule has 0 saturated heterocycles. The van der Waals surface area contributed by atoms with E-state index < -0.39 is 9.84 Å². The molecular weight excluding hydrogens is 362 g/mol. The van der Waals surface area contributed by atoms with Crippen LogP contribution >= 0.6 is 0 Å². The van der Waals surface area contributed by atoms with Crippen molar-refractivity contribution >= 4 is 9.84 Å². The molecule has 0 N–H and O–H groups in total. The van der Waals surface area contributed by atoms with Crippen molar-refractivity contribution in [2.75, 3.05) is 6.26 Å². The molecule has 27 heavy (non-hydrogen) atoms. The Bertz CT molecular complexity index is 1170. The maximum atomic E-state index is 11.7. The van der Waals surface area contributed by atoms with Gasteiger partial charge in [-0.3, -0.25) is 0 Å². The molecule has 0 aliphatic carbocycles. The molecule has 0 bridgehead atoms. The fraction of sp³-hybridized carbons (Fsp3) is 0.0952. The molecule has 0 fully saturated rings. The number of nitrogens with zero attached hydrogens (tertiary/aromatic N) is 1. The second kappa shape index (κ2) is 6.55. The third-order valence-electron chi connectivity index (χ3n) is 4.24. The lowest BCUT2D eigenvalue weighted by atomic mass is 10.0. The van der Waals surface area contributed by atoms with Gasteiger partial charge in [0.15, 0.2) is 21.5 Å². The summed E-state index contributed by atoms with van der Waals surface area (Å²) in [6.45, 7) is 1.79. The Kier molecular flexibility index (Phi) is 4.20. The summed E-state index contributed by atoms with van der Waals surface area (Å²) >= 11 is 0. The first kappa shape index (κ1) is 17.3. The van der Waals surface area contributed by atoms with Gasteiger partial charge in [-0.2, -0.15) is 0 Å². The zero-order valence-corrected chi connectivity index (χ0v) is 15.7. The Balaban J connectivity index is 1.73. The molecule has 0 atom stereocenters. The molecule has 136 valence electrons. The van der Waals surface area contributed by atoms with Gasteiger partial charge in [0.25, 0.3) is 0 Å². The monoisotopic (exact) mass is 379 g/mol. The smallest absolute Gasteiger partial charge is 0.192 e. The molecule has 6 heteroatoms. The first-order chi connectivity index (χ1) is 12.9. The summed E-state index contributed by atoms with van der Waals surface area (Å²) in [5.74, 6) is 1.95. The van der Waals surface area contributed by atoms with Crippen LogP contribution in [0.25, 0.3) is 33.9 Å². The van der Waals surface area contributed by atoms with Crippen LogP contribution in [0, 0.1) is 6.92 Å². The number of rotatable bonds is 4. The van der Waals surface area contributed by atoms with E-state index in [4.69, 9.17) is 8.83 Å². The molecular formula is C21H17NO4S. The lowest BCUT2D eigenvalue weighted by molar-refractivity contribution is 0.534.